The van der Waals surface area contributed by atoms with Crippen molar-refractivity contribution in [2.24, 2.45) is 0 Å². The summed E-state index contributed by atoms with van der Waals surface area (Å²) in [6, 6.07) is 10.4. The molecule has 0 aromatic heterocycles. The van der Waals surface area contributed by atoms with Crippen molar-refractivity contribution in [3.8, 4) is 0 Å². The summed E-state index contributed by atoms with van der Waals surface area (Å²) in [5.74, 6) is 0. The molecular weight excluding hydrogens is 301 g/mol. The molecule has 0 aliphatic heterocycles. The van der Waals surface area contributed by atoms with Crippen molar-refractivity contribution in [2.45, 2.75) is 33.7 Å². The Labute approximate surface area is 137 Å². The van der Waals surface area contributed by atoms with Gasteiger partial charge in [0.05, 0.1) is 16.1 Å². The Morgan fingerprint density at radius 1 is 0.952 bits per heavy atom. The molecule has 1 N–H and O–H groups in total. The standard InChI is InChI=1S/C18H21Cl2N/c1-5-21-18(14-6-7-15(19)16(20)10-14)17-12(3)8-11(2)9-13(17)4/h6-10,18,21H,5H2,1-4H3. The van der Waals surface area contributed by atoms with Crippen LogP contribution in [-0.4, -0.2) is 6.54 Å². The highest BCUT2D eigenvalue weighted by atomic mass is 35.5. The third kappa shape index (κ3) is 3.60. The van der Waals surface area contributed by atoms with Crippen LogP contribution in [0.5, 0.6) is 0 Å². The first kappa shape index (κ1) is 16.4. The zero-order chi connectivity index (χ0) is 15.6. The van der Waals surface area contributed by atoms with Crippen LogP contribution in [0.3, 0.4) is 0 Å². The third-order valence-electron chi connectivity index (χ3n) is 3.71. The van der Waals surface area contributed by atoms with Gasteiger partial charge >= 0.3 is 0 Å². The molecule has 3 heteroatoms. The first-order valence-corrected chi connectivity index (χ1v) is 7.95. The molecular formula is C18H21Cl2N. The van der Waals surface area contributed by atoms with Crippen molar-refractivity contribution >= 4 is 23.2 Å². The first-order chi connectivity index (χ1) is 9.93. The lowest BCUT2D eigenvalue weighted by molar-refractivity contribution is 0.624. The van der Waals surface area contributed by atoms with E-state index in [1.54, 1.807) is 0 Å². The predicted molar refractivity (Wildman–Crippen MR) is 92.6 cm³/mol. The molecule has 0 heterocycles. The van der Waals surface area contributed by atoms with E-state index < -0.39 is 0 Å². The molecule has 2 aromatic rings. The zero-order valence-corrected chi connectivity index (χ0v) is 14.4. The molecule has 112 valence electrons. The Morgan fingerprint density at radius 3 is 2.10 bits per heavy atom. The Bertz CT molecular complexity index is 627. The number of hydrogen-bond acceptors (Lipinski definition) is 1. The molecule has 0 spiro atoms. The van der Waals surface area contributed by atoms with Gasteiger partial charge in [-0.1, -0.05) is 53.9 Å². The summed E-state index contributed by atoms with van der Waals surface area (Å²) in [4.78, 5) is 0. The van der Waals surface area contributed by atoms with Crippen LogP contribution >= 0.6 is 23.2 Å². The summed E-state index contributed by atoms with van der Waals surface area (Å²) >= 11 is 12.2. The Hall–Kier alpha value is -1.02. The fourth-order valence-electron chi connectivity index (χ4n) is 2.93. The monoisotopic (exact) mass is 321 g/mol. The lowest BCUT2D eigenvalue weighted by atomic mass is 9.90. The van der Waals surface area contributed by atoms with Gasteiger partial charge in [-0.25, -0.2) is 0 Å². The Balaban J connectivity index is 2.55. The largest absolute Gasteiger partial charge is 0.307 e. The summed E-state index contributed by atoms with van der Waals surface area (Å²) in [5.41, 5.74) is 6.34. The lowest BCUT2D eigenvalue weighted by Gasteiger charge is -2.24. The highest BCUT2D eigenvalue weighted by molar-refractivity contribution is 6.42. The molecule has 0 aliphatic rings. The molecule has 2 rings (SSSR count). The van der Waals surface area contributed by atoms with Crippen LogP contribution in [0.2, 0.25) is 10.0 Å². The second kappa shape index (κ2) is 6.83. The summed E-state index contributed by atoms with van der Waals surface area (Å²) in [6.07, 6.45) is 0. The molecule has 0 saturated heterocycles. The topological polar surface area (TPSA) is 12.0 Å². The minimum absolute atomic E-state index is 0.130. The number of nitrogens with one attached hydrogen (secondary N) is 1. The second-order valence-electron chi connectivity index (χ2n) is 5.48. The van der Waals surface area contributed by atoms with Crippen LogP contribution in [-0.2, 0) is 0 Å². The molecule has 1 unspecified atom stereocenters. The number of rotatable bonds is 4. The fraction of sp³-hybridized carbons (Fsp3) is 0.333. The van der Waals surface area contributed by atoms with Crippen LogP contribution in [0.1, 0.15) is 40.8 Å². The molecule has 0 bridgehead atoms. The van der Waals surface area contributed by atoms with E-state index in [9.17, 15) is 0 Å². The minimum atomic E-state index is 0.130. The van der Waals surface area contributed by atoms with E-state index in [0.29, 0.717) is 10.0 Å². The smallest absolute Gasteiger partial charge is 0.0595 e. The molecule has 21 heavy (non-hydrogen) atoms. The average molecular weight is 322 g/mol. The van der Waals surface area contributed by atoms with Crippen LogP contribution in [0.4, 0.5) is 0 Å². The normalized spacial score (nSPS) is 12.5. The second-order valence-corrected chi connectivity index (χ2v) is 6.29. The summed E-state index contributed by atoms with van der Waals surface area (Å²) in [5, 5.41) is 4.75. The van der Waals surface area contributed by atoms with Gasteiger partial charge in [0, 0.05) is 0 Å². The Morgan fingerprint density at radius 2 is 1.57 bits per heavy atom. The van der Waals surface area contributed by atoms with Gasteiger partial charge in [-0.05, 0) is 61.7 Å². The highest BCUT2D eigenvalue weighted by Crippen LogP contribution is 2.32. The summed E-state index contributed by atoms with van der Waals surface area (Å²) in [7, 11) is 0. The zero-order valence-electron chi connectivity index (χ0n) is 12.9. The predicted octanol–water partition coefficient (Wildman–Crippen LogP) is 5.62. The summed E-state index contributed by atoms with van der Waals surface area (Å²) < 4.78 is 0. The minimum Gasteiger partial charge on any atom is -0.307 e. The van der Waals surface area contributed by atoms with Gasteiger partial charge in [-0.15, -0.1) is 0 Å². The number of benzene rings is 2. The molecule has 2 aromatic carbocycles. The average Bonchev–Trinajstić information content (AvgIpc) is 2.40. The van der Waals surface area contributed by atoms with Crippen molar-refractivity contribution < 1.29 is 0 Å². The maximum atomic E-state index is 6.19. The van der Waals surface area contributed by atoms with Gasteiger partial charge in [-0.2, -0.15) is 0 Å². The molecule has 0 aliphatic carbocycles. The van der Waals surface area contributed by atoms with Gasteiger partial charge in [0.15, 0.2) is 0 Å². The highest BCUT2D eigenvalue weighted by Gasteiger charge is 2.18. The maximum absolute atomic E-state index is 6.19. The molecule has 0 saturated carbocycles. The molecule has 0 amide bonds. The Kier molecular flexibility index (Phi) is 5.32. The maximum Gasteiger partial charge on any atom is 0.0595 e. The van der Waals surface area contributed by atoms with Crippen molar-refractivity contribution in [1.29, 1.82) is 0 Å². The van der Waals surface area contributed by atoms with Crippen molar-refractivity contribution in [2.75, 3.05) is 6.54 Å². The molecule has 1 atom stereocenters. The van der Waals surface area contributed by atoms with Crippen LogP contribution in [0.15, 0.2) is 30.3 Å². The van der Waals surface area contributed by atoms with Gasteiger partial charge < -0.3 is 5.32 Å². The van der Waals surface area contributed by atoms with Gasteiger partial charge in [0.1, 0.15) is 0 Å². The quantitative estimate of drug-likeness (QED) is 0.770. The number of halogens is 2. The first-order valence-electron chi connectivity index (χ1n) is 7.20. The van der Waals surface area contributed by atoms with E-state index >= 15 is 0 Å². The van der Waals surface area contributed by atoms with Crippen LogP contribution in [0, 0.1) is 20.8 Å². The molecule has 0 radical (unpaired) electrons. The lowest BCUT2D eigenvalue weighted by Crippen LogP contribution is -2.23. The van der Waals surface area contributed by atoms with E-state index in [4.69, 9.17) is 23.2 Å². The van der Waals surface area contributed by atoms with E-state index in [1.807, 2.05) is 18.2 Å². The van der Waals surface area contributed by atoms with Gasteiger partial charge in [-0.3, -0.25) is 0 Å². The summed E-state index contributed by atoms with van der Waals surface area (Å²) in [6.45, 7) is 9.46. The number of aryl methyl sites for hydroxylation is 3. The van der Waals surface area contributed by atoms with E-state index in [-0.39, 0.29) is 6.04 Å². The molecule has 1 nitrogen and oxygen atoms in total. The van der Waals surface area contributed by atoms with Crippen LogP contribution in [0.25, 0.3) is 0 Å². The van der Waals surface area contributed by atoms with E-state index in [2.05, 4.69) is 45.1 Å². The number of hydrogen-bond donors (Lipinski definition) is 1. The SMILES string of the molecule is CCNC(c1ccc(Cl)c(Cl)c1)c1c(C)cc(C)cc1C. The van der Waals surface area contributed by atoms with Crippen LogP contribution < -0.4 is 5.32 Å². The van der Waals surface area contributed by atoms with Crippen molar-refractivity contribution in [1.82, 2.24) is 5.32 Å². The molecule has 0 fully saturated rings. The van der Waals surface area contributed by atoms with Crippen molar-refractivity contribution in [3.05, 3.63) is 68.2 Å². The van der Waals surface area contributed by atoms with Gasteiger partial charge in [0.25, 0.3) is 0 Å². The fourth-order valence-corrected chi connectivity index (χ4v) is 3.24. The van der Waals surface area contributed by atoms with E-state index in [0.717, 1.165) is 12.1 Å². The van der Waals surface area contributed by atoms with Gasteiger partial charge in [0.2, 0.25) is 0 Å². The third-order valence-corrected chi connectivity index (χ3v) is 4.45. The van der Waals surface area contributed by atoms with E-state index in [1.165, 1.54) is 22.3 Å². The van der Waals surface area contributed by atoms with Crippen molar-refractivity contribution in [3.63, 3.8) is 0 Å².